The van der Waals surface area contributed by atoms with Gasteiger partial charge in [0.25, 0.3) is 0 Å². The normalized spacial score (nSPS) is 11.5. The lowest BCUT2D eigenvalue weighted by molar-refractivity contribution is -0.685. The first-order chi connectivity index (χ1) is 33.9. The first-order valence-corrected chi connectivity index (χ1v) is 20.1. The van der Waals surface area contributed by atoms with Crippen molar-refractivity contribution in [1.29, 1.82) is 0 Å². The number of pyridine rings is 1. The van der Waals surface area contributed by atoms with Crippen LogP contribution in [0.5, 0.6) is 11.6 Å². The number of ether oxygens (including phenoxy) is 1. The van der Waals surface area contributed by atoms with Crippen molar-refractivity contribution in [3.05, 3.63) is 213 Å². The summed E-state index contributed by atoms with van der Waals surface area (Å²) in [5.74, 6) is -70.1. The Balaban J connectivity index is 0.000000238. The number of benzene rings is 7. The fraction of sp³-hybridized carbons (Fsp3) is 0.0213. The highest BCUT2D eigenvalue weighted by Gasteiger charge is 2.52. The van der Waals surface area contributed by atoms with E-state index < -0.39 is 144 Å². The maximum absolute atomic E-state index is 15.4. The smallest absolute Gasteiger partial charge is 0.381 e. The van der Waals surface area contributed by atoms with Crippen LogP contribution in [-0.2, 0) is 6.54 Å². The average molecular weight is 1050 g/mol. The predicted octanol–water partition coefficient (Wildman–Crippen LogP) is 10.9. The Labute approximate surface area is 394 Å². The Kier molecular flexibility index (Phi) is 14.5. The number of ketones is 1. The largest absolute Gasteiger partial charge is 0.403 e. The van der Waals surface area contributed by atoms with Crippen molar-refractivity contribution >= 4 is 57.2 Å². The number of carbonyl (C=O) groups is 1. The van der Waals surface area contributed by atoms with Gasteiger partial charge in [-0.25, -0.2) is 87.8 Å². The number of fused-ring (bicyclic) bond motifs is 1. The second-order valence-corrected chi connectivity index (χ2v) is 15.5. The molecule has 0 N–H and O–H groups in total. The third kappa shape index (κ3) is 8.41. The van der Waals surface area contributed by atoms with Gasteiger partial charge in [0, 0.05) is 16.5 Å². The molecule has 0 saturated carbocycles. The minimum Gasteiger partial charge on any atom is -0.403 e. The molecule has 0 atom stereocenters. The van der Waals surface area contributed by atoms with E-state index in [1.807, 2.05) is 95.7 Å². The summed E-state index contributed by atoms with van der Waals surface area (Å²) in [6.07, 6.45) is -5.33. The molecule has 0 saturated heterocycles. The molecular weight excluding hydrogens is 1030 g/mol. The highest BCUT2D eigenvalue weighted by atomic mass is 32.1. The average Bonchev–Trinajstić information content (AvgIpc) is 3.37. The summed E-state index contributed by atoms with van der Waals surface area (Å²) in [5.41, 5.74) is -13.7. The molecule has 8 rings (SSSR count). The molecule has 0 unspecified atom stereocenters. The van der Waals surface area contributed by atoms with Crippen LogP contribution in [0, 0.1) is 116 Å². The van der Waals surface area contributed by atoms with E-state index in [1.165, 1.54) is 0 Å². The molecule has 3 nitrogen and oxygen atoms in total. The molecule has 372 valence electrons. The van der Waals surface area contributed by atoms with Crippen LogP contribution in [-0.4, -0.2) is 11.9 Å². The first kappa shape index (κ1) is 52.3. The molecule has 0 radical (unpaired) electrons. The Hall–Kier alpha value is -7.57. The van der Waals surface area contributed by atoms with Gasteiger partial charge in [0.1, 0.15) is 58.4 Å². The summed E-state index contributed by atoms with van der Waals surface area (Å²) >= 11 is 4.48. The van der Waals surface area contributed by atoms with E-state index in [9.17, 15) is 57.5 Å². The Bertz CT molecular complexity index is 3150. The van der Waals surface area contributed by atoms with E-state index in [1.54, 1.807) is 0 Å². The molecule has 0 bridgehead atoms. The number of hydrogen-bond donors (Lipinski definition) is 1. The fourth-order valence-electron chi connectivity index (χ4n) is 7.86. The van der Waals surface area contributed by atoms with Gasteiger partial charge in [0.2, 0.25) is 12.3 Å². The van der Waals surface area contributed by atoms with Crippen molar-refractivity contribution in [1.82, 2.24) is 0 Å². The molecule has 0 fully saturated rings. The summed E-state index contributed by atoms with van der Waals surface area (Å²) < 4.78 is 302. The van der Waals surface area contributed by atoms with Crippen LogP contribution >= 0.6 is 12.6 Å². The van der Waals surface area contributed by atoms with Crippen molar-refractivity contribution in [2.75, 3.05) is 0 Å². The van der Waals surface area contributed by atoms with Crippen LogP contribution in [0.1, 0.15) is 10.4 Å². The van der Waals surface area contributed by atoms with Gasteiger partial charge >= 0.3 is 5.88 Å². The van der Waals surface area contributed by atoms with Crippen molar-refractivity contribution in [2.24, 2.45) is 0 Å². The molecule has 1 aromatic heterocycles. The fourth-order valence-corrected chi connectivity index (χ4v) is 8.07. The standard InChI is InChI=1S/C24BF20.C23H17NO2S/c26-5-1(6(27)14(35)21(42)13(5)34)25(2-7(28)15(36)22(43)16(37)8(2)29,3-9(30)17(38)23(44)18(39)10(3)31)4-11(32)19(40)24(45)20(41)12(4)33;25-20(18-9-2-1-3-10-18)16-24-15-14-17-8-4-5-11-19(17)23(24)26-21-12-6-7-13-22(21)27/h;1-15H,16H2/q-1;/p+1. The minimum atomic E-state index is -7.22. The molecule has 0 aliphatic carbocycles. The van der Waals surface area contributed by atoms with E-state index in [2.05, 4.69) is 12.6 Å². The van der Waals surface area contributed by atoms with Crippen molar-refractivity contribution < 1.29 is 102 Å². The van der Waals surface area contributed by atoms with Gasteiger partial charge in [-0.3, -0.25) is 4.79 Å². The lowest BCUT2D eigenvalue weighted by atomic mass is 9.12. The number of aromatic nitrogens is 1. The van der Waals surface area contributed by atoms with Crippen LogP contribution in [0.3, 0.4) is 0 Å². The molecule has 1 heterocycles. The Morgan fingerprint density at radius 2 is 0.722 bits per heavy atom. The minimum absolute atomic E-state index is 0.0277. The number of halogens is 20. The van der Waals surface area contributed by atoms with Crippen LogP contribution in [0.4, 0.5) is 87.8 Å². The van der Waals surface area contributed by atoms with Gasteiger partial charge in [-0.2, -0.15) is 4.57 Å². The zero-order valence-corrected chi connectivity index (χ0v) is 35.6. The summed E-state index contributed by atoms with van der Waals surface area (Å²) in [7, 11) is 0. The second-order valence-electron chi connectivity index (χ2n) is 15.0. The Morgan fingerprint density at radius 3 is 1.10 bits per heavy atom. The molecule has 25 heteroatoms. The van der Waals surface area contributed by atoms with Crippen LogP contribution < -0.4 is 31.2 Å². The SMILES string of the molecule is Fc1c(F)c(F)c([B-](c2c(F)c(F)c(F)c(F)c2F)(c2c(F)c(F)c(F)c(F)c2F)c2c(F)c(F)c(F)c(F)c2F)c(F)c1F.O=C(C[n+]1ccc2ccccc2c1Oc1ccccc1S)c1ccccc1. The van der Waals surface area contributed by atoms with Gasteiger partial charge in [-0.1, -0.05) is 60.7 Å². The van der Waals surface area contributed by atoms with Crippen molar-refractivity contribution in [3.63, 3.8) is 0 Å². The third-order valence-electron chi connectivity index (χ3n) is 11.1. The number of hydrogen-bond acceptors (Lipinski definition) is 3. The summed E-state index contributed by atoms with van der Waals surface area (Å²) in [6.45, 7) is 0.193. The zero-order valence-electron chi connectivity index (χ0n) is 34.7. The lowest BCUT2D eigenvalue weighted by Crippen LogP contribution is -2.81. The maximum atomic E-state index is 15.4. The van der Waals surface area contributed by atoms with E-state index in [0.29, 0.717) is 17.2 Å². The number of carbonyl (C=O) groups excluding carboxylic acids is 1. The number of thiol groups is 1. The molecule has 8 aromatic rings. The first-order valence-electron chi connectivity index (χ1n) is 19.6. The van der Waals surface area contributed by atoms with E-state index in [0.717, 1.165) is 15.7 Å². The lowest BCUT2D eigenvalue weighted by Gasteiger charge is -2.44. The molecule has 0 amide bonds. The molecule has 0 aliphatic rings. The van der Waals surface area contributed by atoms with Crippen LogP contribution in [0.15, 0.2) is 96.0 Å². The van der Waals surface area contributed by atoms with Gasteiger partial charge < -0.3 is 4.74 Å². The molecule has 0 aliphatic heterocycles. The summed E-state index contributed by atoms with van der Waals surface area (Å²) in [4.78, 5) is 13.5. The maximum Gasteiger partial charge on any atom is 0.381 e. The van der Waals surface area contributed by atoms with E-state index in [-0.39, 0.29) is 12.3 Å². The van der Waals surface area contributed by atoms with Crippen molar-refractivity contribution in [3.8, 4) is 11.6 Å². The van der Waals surface area contributed by atoms with Gasteiger partial charge in [0.05, 0.1) is 5.39 Å². The quantitative estimate of drug-likeness (QED) is 0.0297. The molecular formula is C47H18BF20NO2S. The number of para-hydroxylation sites is 1. The van der Waals surface area contributed by atoms with Crippen LogP contribution in [0.2, 0.25) is 0 Å². The van der Waals surface area contributed by atoms with E-state index >= 15 is 35.1 Å². The monoisotopic (exact) mass is 1050 g/mol. The third-order valence-corrected chi connectivity index (χ3v) is 11.4. The topological polar surface area (TPSA) is 30.2 Å². The molecule has 72 heavy (non-hydrogen) atoms. The van der Waals surface area contributed by atoms with Gasteiger partial charge in [-0.15, -0.1) is 34.5 Å². The zero-order chi connectivity index (χ0) is 53.0. The summed E-state index contributed by atoms with van der Waals surface area (Å²) in [6, 6.07) is 26.8. The highest BCUT2D eigenvalue weighted by molar-refractivity contribution is 7.80. The van der Waals surface area contributed by atoms with E-state index in [4.69, 9.17) is 4.74 Å². The second kappa shape index (κ2) is 19.9. The summed E-state index contributed by atoms with van der Waals surface area (Å²) in [5, 5.41) is 1.99. The number of rotatable bonds is 9. The van der Waals surface area contributed by atoms with Crippen molar-refractivity contribution in [2.45, 2.75) is 11.4 Å². The van der Waals surface area contributed by atoms with Gasteiger partial charge in [0.15, 0.2) is 76.0 Å². The predicted molar refractivity (Wildman–Crippen MR) is 218 cm³/mol. The molecule has 0 spiro atoms. The number of Topliss-reactive ketones (excluding diaryl/α,β-unsaturated/α-hetero) is 1. The highest BCUT2D eigenvalue weighted by Crippen LogP contribution is 2.33. The van der Waals surface area contributed by atoms with Crippen LogP contribution in [0.25, 0.3) is 10.8 Å². The van der Waals surface area contributed by atoms with Gasteiger partial charge in [-0.05, 0) is 23.6 Å². The Morgan fingerprint density at radius 1 is 0.403 bits per heavy atom. The number of nitrogens with zero attached hydrogens (tertiary/aromatic N) is 1. The molecule has 7 aromatic carbocycles.